The zero-order valence-corrected chi connectivity index (χ0v) is 9.37. The van der Waals surface area contributed by atoms with E-state index in [0.717, 1.165) is 4.70 Å². The molecule has 0 saturated heterocycles. The summed E-state index contributed by atoms with van der Waals surface area (Å²) in [5.41, 5.74) is 3.29. The molecular weight excluding hydrogens is 228 g/mol. The summed E-state index contributed by atoms with van der Waals surface area (Å²) in [6.45, 7) is 2.07. The van der Waals surface area contributed by atoms with Gasteiger partial charge in [-0.15, -0.1) is 11.3 Å². The first-order chi connectivity index (χ1) is 7.77. The number of carbonyl (C=O) groups excluding carboxylic acids is 1. The SMILES string of the molecule is CCOC(=O)c1[nH]c2ncsc2c1/C=N/N. The lowest BCUT2D eigenvalue weighted by Crippen LogP contribution is -2.08. The van der Waals surface area contributed by atoms with E-state index in [1.807, 2.05) is 0 Å². The van der Waals surface area contributed by atoms with Crippen LogP contribution in [-0.2, 0) is 4.74 Å². The van der Waals surface area contributed by atoms with Crippen molar-refractivity contribution in [2.75, 3.05) is 6.61 Å². The molecule has 84 valence electrons. The number of hydrogen-bond acceptors (Lipinski definition) is 6. The molecule has 0 amide bonds. The zero-order valence-electron chi connectivity index (χ0n) is 8.56. The summed E-state index contributed by atoms with van der Waals surface area (Å²) in [6, 6.07) is 0. The summed E-state index contributed by atoms with van der Waals surface area (Å²) < 4.78 is 5.76. The van der Waals surface area contributed by atoms with E-state index in [1.54, 1.807) is 12.4 Å². The van der Waals surface area contributed by atoms with Crippen LogP contribution in [-0.4, -0.2) is 28.8 Å². The first kappa shape index (κ1) is 10.6. The highest BCUT2D eigenvalue weighted by atomic mass is 32.1. The Morgan fingerprint density at radius 3 is 3.31 bits per heavy atom. The molecule has 2 rings (SSSR count). The van der Waals surface area contributed by atoms with Crippen LogP contribution >= 0.6 is 11.3 Å². The maximum Gasteiger partial charge on any atom is 0.355 e. The summed E-state index contributed by atoms with van der Waals surface area (Å²) in [7, 11) is 0. The summed E-state index contributed by atoms with van der Waals surface area (Å²) in [5.74, 6) is 4.68. The fourth-order valence-electron chi connectivity index (χ4n) is 1.39. The number of fused-ring (bicyclic) bond motifs is 1. The minimum Gasteiger partial charge on any atom is -0.461 e. The van der Waals surface area contributed by atoms with Crippen molar-refractivity contribution in [2.24, 2.45) is 10.9 Å². The maximum absolute atomic E-state index is 11.6. The third kappa shape index (κ3) is 1.65. The van der Waals surface area contributed by atoms with Crippen LogP contribution in [0.25, 0.3) is 10.3 Å². The van der Waals surface area contributed by atoms with Crippen molar-refractivity contribution < 1.29 is 9.53 Å². The Morgan fingerprint density at radius 2 is 2.62 bits per heavy atom. The molecule has 0 unspecified atom stereocenters. The zero-order chi connectivity index (χ0) is 11.5. The van der Waals surface area contributed by atoms with Crippen molar-refractivity contribution in [3.05, 3.63) is 16.8 Å². The number of aromatic amines is 1. The van der Waals surface area contributed by atoms with Crippen LogP contribution in [0.15, 0.2) is 10.6 Å². The lowest BCUT2D eigenvalue weighted by Gasteiger charge is -1.99. The summed E-state index contributed by atoms with van der Waals surface area (Å²) in [4.78, 5) is 18.6. The third-order valence-corrected chi connectivity index (χ3v) is 2.87. The van der Waals surface area contributed by atoms with Gasteiger partial charge in [0, 0.05) is 5.56 Å². The van der Waals surface area contributed by atoms with Crippen molar-refractivity contribution in [3.63, 3.8) is 0 Å². The molecule has 0 fully saturated rings. The number of ether oxygens (including phenoxy) is 1. The van der Waals surface area contributed by atoms with Crippen molar-refractivity contribution in [1.29, 1.82) is 0 Å². The van der Waals surface area contributed by atoms with Gasteiger partial charge in [-0.25, -0.2) is 9.78 Å². The molecule has 0 spiro atoms. The normalized spacial score (nSPS) is 11.3. The number of nitrogens with one attached hydrogen (secondary N) is 1. The number of hydrogen-bond donors (Lipinski definition) is 2. The quantitative estimate of drug-likeness (QED) is 0.362. The molecule has 6 nitrogen and oxygen atoms in total. The van der Waals surface area contributed by atoms with Gasteiger partial charge in [-0.05, 0) is 6.92 Å². The Balaban J connectivity index is 2.54. The van der Waals surface area contributed by atoms with E-state index < -0.39 is 5.97 Å². The fraction of sp³-hybridized carbons (Fsp3) is 0.222. The number of thiazole rings is 1. The number of hydrazone groups is 1. The van der Waals surface area contributed by atoms with Crippen LogP contribution in [0, 0.1) is 0 Å². The van der Waals surface area contributed by atoms with Gasteiger partial charge < -0.3 is 15.6 Å². The highest BCUT2D eigenvalue weighted by molar-refractivity contribution is 7.17. The number of carbonyl (C=O) groups is 1. The Labute approximate surface area is 95.1 Å². The largest absolute Gasteiger partial charge is 0.461 e. The Morgan fingerprint density at radius 1 is 1.81 bits per heavy atom. The molecule has 0 aliphatic carbocycles. The van der Waals surface area contributed by atoms with Crippen LogP contribution < -0.4 is 5.84 Å². The molecule has 2 aromatic rings. The number of rotatable bonds is 3. The van der Waals surface area contributed by atoms with Gasteiger partial charge in [-0.1, -0.05) is 0 Å². The van der Waals surface area contributed by atoms with E-state index in [2.05, 4.69) is 15.1 Å². The lowest BCUT2D eigenvalue weighted by atomic mass is 10.2. The minimum absolute atomic E-state index is 0.318. The Bertz CT molecular complexity index is 543. The predicted molar refractivity (Wildman–Crippen MR) is 61.7 cm³/mol. The molecule has 2 heterocycles. The van der Waals surface area contributed by atoms with Gasteiger partial charge in [0.15, 0.2) is 0 Å². The van der Waals surface area contributed by atoms with E-state index in [1.165, 1.54) is 17.6 Å². The fourth-order valence-corrected chi connectivity index (χ4v) is 2.15. The highest BCUT2D eigenvalue weighted by Gasteiger charge is 2.19. The minimum atomic E-state index is -0.428. The molecule has 3 N–H and O–H groups in total. The second-order valence-electron chi connectivity index (χ2n) is 2.94. The van der Waals surface area contributed by atoms with Crippen LogP contribution in [0.2, 0.25) is 0 Å². The molecule has 0 atom stereocenters. The molecule has 0 aliphatic rings. The van der Waals surface area contributed by atoms with Gasteiger partial charge in [-0.3, -0.25) is 0 Å². The van der Waals surface area contributed by atoms with Crippen LogP contribution in [0.1, 0.15) is 23.0 Å². The van der Waals surface area contributed by atoms with Crippen LogP contribution in [0.4, 0.5) is 0 Å². The number of H-pyrrole nitrogens is 1. The Hall–Kier alpha value is -1.89. The number of nitrogens with two attached hydrogens (primary N) is 1. The third-order valence-electron chi connectivity index (χ3n) is 2.01. The summed E-state index contributed by atoms with van der Waals surface area (Å²) in [6.07, 6.45) is 1.42. The summed E-state index contributed by atoms with van der Waals surface area (Å²) >= 11 is 1.41. The van der Waals surface area contributed by atoms with E-state index in [9.17, 15) is 4.79 Å². The van der Waals surface area contributed by atoms with Crippen LogP contribution in [0.5, 0.6) is 0 Å². The summed E-state index contributed by atoms with van der Waals surface area (Å²) in [5, 5.41) is 3.44. The molecular formula is C9H10N4O2S. The van der Waals surface area contributed by atoms with Crippen molar-refractivity contribution in [3.8, 4) is 0 Å². The molecule has 2 aromatic heterocycles. The van der Waals surface area contributed by atoms with Gasteiger partial charge in [0.2, 0.25) is 0 Å². The van der Waals surface area contributed by atoms with Crippen molar-refractivity contribution >= 4 is 33.9 Å². The van der Waals surface area contributed by atoms with E-state index in [-0.39, 0.29) is 0 Å². The van der Waals surface area contributed by atoms with Crippen molar-refractivity contribution in [1.82, 2.24) is 9.97 Å². The second-order valence-corrected chi connectivity index (χ2v) is 3.80. The number of esters is 1. The second kappa shape index (κ2) is 4.31. The lowest BCUT2D eigenvalue weighted by molar-refractivity contribution is 0.0520. The molecule has 0 radical (unpaired) electrons. The number of aromatic nitrogens is 2. The van der Waals surface area contributed by atoms with Crippen LogP contribution in [0.3, 0.4) is 0 Å². The standard InChI is InChI=1S/C9H10N4O2S/c1-2-15-9(14)6-5(3-12-10)7-8(13-6)11-4-16-7/h3-4,13H,2,10H2,1H3/b12-3+. The van der Waals surface area contributed by atoms with E-state index >= 15 is 0 Å². The van der Waals surface area contributed by atoms with Gasteiger partial charge in [0.25, 0.3) is 0 Å². The topological polar surface area (TPSA) is 93.4 Å². The average Bonchev–Trinajstić information content (AvgIpc) is 2.81. The van der Waals surface area contributed by atoms with Gasteiger partial charge in [0.1, 0.15) is 11.3 Å². The molecule has 7 heteroatoms. The highest BCUT2D eigenvalue weighted by Crippen LogP contribution is 2.24. The van der Waals surface area contributed by atoms with Gasteiger partial charge in [-0.2, -0.15) is 5.10 Å². The smallest absolute Gasteiger partial charge is 0.355 e. The first-order valence-electron chi connectivity index (χ1n) is 4.63. The number of nitrogens with zero attached hydrogens (tertiary/aromatic N) is 2. The molecule has 0 aromatic carbocycles. The first-order valence-corrected chi connectivity index (χ1v) is 5.51. The van der Waals surface area contributed by atoms with Crippen molar-refractivity contribution in [2.45, 2.75) is 6.92 Å². The maximum atomic E-state index is 11.6. The molecule has 16 heavy (non-hydrogen) atoms. The molecule has 0 saturated carbocycles. The molecule has 0 aliphatic heterocycles. The van der Waals surface area contributed by atoms with E-state index in [0.29, 0.717) is 23.5 Å². The average molecular weight is 238 g/mol. The monoisotopic (exact) mass is 238 g/mol. The Kier molecular flexibility index (Phi) is 2.86. The van der Waals surface area contributed by atoms with Gasteiger partial charge in [0.05, 0.1) is 23.0 Å². The van der Waals surface area contributed by atoms with E-state index in [4.69, 9.17) is 10.6 Å². The molecule has 0 bridgehead atoms. The predicted octanol–water partition coefficient (Wildman–Crippen LogP) is 1.09. The van der Waals surface area contributed by atoms with Gasteiger partial charge >= 0.3 is 5.97 Å².